The highest BCUT2D eigenvalue weighted by Gasteiger charge is 2.39. The largest absolute Gasteiger partial charge is 0.494 e. The maximum absolute atomic E-state index is 14.0. The molecule has 0 radical (unpaired) electrons. The molecule has 2 aromatic carbocycles. The van der Waals surface area contributed by atoms with Crippen molar-refractivity contribution in [2.75, 3.05) is 19.7 Å². The fourth-order valence-electron chi connectivity index (χ4n) is 2.94. The van der Waals surface area contributed by atoms with E-state index in [1.807, 2.05) is 42.5 Å². The molecule has 1 aliphatic rings. The zero-order valence-electron chi connectivity index (χ0n) is 12.0. The van der Waals surface area contributed by atoms with Gasteiger partial charge in [0.05, 0.1) is 6.61 Å². The Morgan fingerprint density at radius 3 is 2.38 bits per heavy atom. The van der Waals surface area contributed by atoms with Gasteiger partial charge in [-0.1, -0.05) is 36.4 Å². The zero-order valence-corrected chi connectivity index (χ0v) is 12.0. The summed E-state index contributed by atoms with van der Waals surface area (Å²) in [4.78, 5) is 0. The molecule has 1 saturated heterocycles. The molecule has 0 bridgehead atoms. The number of ether oxygens (including phenoxy) is 1. The van der Waals surface area contributed by atoms with E-state index in [1.54, 1.807) is 12.1 Å². The third-order valence-electron chi connectivity index (χ3n) is 4.18. The molecule has 3 rings (SSSR count). The minimum absolute atomic E-state index is 0.0641. The minimum atomic E-state index is -0.0945. The van der Waals surface area contributed by atoms with Crippen LogP contribution in [0, 0.1) is 5.82 Å². The van der Waals surface area contributed by atoms with E-state index >= 15 is 0 Å². The highest BCUT2D eigenvalue weighted by Crippen LogP contribution is 2.35. The molecule has 1 N–H and O–H groups in total. The summed E-state index contributed by atoms with van der Waals surface area (Å²) in [5.74, 6) is 0.798. The smallest absolute Gasteiger partial charge is 0.127 e. The number of benzene rings is 2. The standard InChI is InChI=1S/C18H20FNO/c19-17-10-5-4-9-16(17)18(13-20-14-18)11-6-12-21-15-7-2-1-3-8-15/h1-5,7-10,20H,6,11-14H2. The Kier molecular flexibility index (Phi) is 4.20. The molecule has 110 valence electrons. The van der Waals surface area contributed by atoms with E-state index in [9.17, 15) is 4.39 Å². The second-order valence-electron chi connectivity index (χ2n) is 5.63. The average Bonchev–Trinajstić information content (AvgIpc) is 2.48. The quantitative estimate of drug-likeness (QED) is 0.820. The van der Waals surface area contributed by atoms with Gasteiger partial charge in [0, 0.05) is 18.5 Å². The highest BCUT2D eigenvalue weighted by molar-refractivity contribution is 5.31. The summed E-state index contributed by atoms with van der Waals surface area (Å²) in [6.45, 7) is 2.36. The van der Waals surface area contributed by atoms with E-state index in [2.05, 4.69) is 5.32 Å². The first-order valence-electron chi connectivity index (χ1n) is 7.44. The van der Waals surface area contributed by atoms with Gasteiger partial charge in [-0.25, -0.2) is 4.39 Å². The van der Waals surface area contributed by atoms with Crippen LogP contribution in [0.5, 0.6) is 5.75 Å². The van der Waals surface area contributed by atoms with Gasteiger partial charge in [0.2, 0.25) is 0 Å². The molecule has 0 aromatic heterocycles. The normalized spacial score (nSPS) is 16.2. The lowest BCUT2D eigenvalue weighted by atomic mass is 9.72. The van der Waals surface area contributed by atoms with Crippen molar-refractivity contribution in [3.05, 3.63) is 66.0 Å². The maximum atomic E-state index is 14.0. The monoisotopic (exact) mass is 285 g/mol. The van der Waals surface area contributed by atoms with Crippen molar-refractivity contribution in [3.8, 4) is 5.75 Å². The van der Waals surface area contributed by atoms with Gasteiger partial charge in [0.15, 0.2) is 0 Å². The number of rotatable bonds is 6. The van der Waals surface area contributed by atoms with E-state index in [-0.39, 0.29) is 11.2 Å². The molecule has 3 heteroatoms. The van der Waals surface area contributed by atoms with Crippen molar-refractivity contribution in [1.82, 2.24) is 5.32 Å². The predicted molar refractivity (Wildman–Crippen MR) is 82.1 cm³/mol. The summed E-state index contributed by atoms with van der Waals surface area (Å²) in [6, 6.07) is 16.9. The lowest BCUT2D eigenvalue weighted by Crippen LogP contribution is -2.57. The number of hydrogen-bond acceptors (Lipinski definition) is 2. The summed E-state index contributed by atoms with van der Waals surface area (Å²) in [7, 11) is 0. The van der Waals surface area contributed by atoms with E-state index in [4.69, 9.17) is 4.74 Å². The van der Waals surface area contributed by atoms with Crippen molar-refractivity contribution >= 4 is 0 Å². The Hall–Kier alpha value is -1.87. The van der Waals surface area contributed by atoms with Crippen LogP contribution < -0.4 is 10.1 Å². The van der Waals surface area contributed by atoms with Crippen LogP contribution in [0.2, 0.25) is 0 Å². The summed E-state index contributed by atoms with van der Waals surface area (Å²) in [5.41, 5.74) is 0.772. The fourth-order valence-corrected chi connectivity index (χ4v) is 2.94. The van der Waals surface area contributed by atoms with Gasteiger partial charge >= 0.3 is 0 Å². The molecular formula is C18H20FNO. The van der Waals surface area contributed by atoms with E-state index in [0.717, 1.165) is 37.2 Å². The molecule has 21 heavy (non-hydrogen) atoms. The molecular weight excluding hydrogens is 265 g/mol. The third kappa shape index (κ3) is 3.08. The number of halogens is 1. The van der Waals surface area contributed by atoms with Gasteiger partial charge in [-0.15, -0.1) is 0 Å². The van der Waals surface area contributed by atoms with Crippen LogP contribution in [-0.2, 0) is 5.41 Å². The van der Waals surface area contributed by atoms with E-state index < -0.39 is 0 Å². The second-order valence-corrected chi connectivity index (χ2v) is 5.63. The van der Waals surface area contributed by atoms with Crippen molar-refractivity contribution in [3.63, 3.8) is 0 Å². The first kappa shape index (κ1) is 14.1. The Bertz CT molecular complexity index is 581. The SMILES string of the molecule is Fc1ccccc1C1(CCCOc2ccccc2)CNC1. The molecule has 2 aromatic rings. The summed E-state index contributed by atoms with van der Waals surface area (Å²) < 4.78 is 19.7. The number of nitrogens with one attached hydrogen (secondary N) is 1. The van der Waals surface area contributed by atoms with Gasteiger partial charge in [-0.05, 0) is 36.6 Å². The third-order valence-corrected chi connectivity index (χ3v) is 4.18. The van der Waals surface area contributed by atoms with Crippen molar-refractivity contribution in [1.29, 1.82) is 0 Å². The molecule has 0 spiro atoms. The average molecular weight is 285 g/mol. The summed E-state index contributed by atoms with van der Waals surface area (Å²) in [6.07, 6.45) is 1.86. The van der Waals surface area contributed by atoms with Crippen LogP contribution >= 0.6 is 0 Å². The Labute approximate surface area is 125 Å². The van der Waals surface area contributed by atoms with Gasteiger partial charge in [-0.3, -0.25) is 0 Å². The van der Waals surface area contributed by atoms with Crippen LogP contribution in [0.15, 0.2) is 54.6 Å². The molecule has 0 unspecified atom stereocenters. The summed E-state index contributed by atoms with van der Waals surface area (Å²) >= 11 is 0. The number of para-hydroxylation sites is 1. The van der Waals surface area contributed by atoms with Crippen LogP contribution in [0.25, 0.3) is 0 Å². The molecule has 1 fully saturated rings. The van der Waals surface area contributed by atoms with Gasteiger partial charge in [-0.2, -0.15) is 0 Å². The Morgan fingerprint density at radius 1 is 1.00 bits per heavy atom. The molecule has 2 nitrogen and oxygen atoms in total. The van der Waals surface area contributed by atoms with Gasteiger partial charge in [0.1, 0.15) is 11.6 Å². The second kappa shape index (κ2) is 6.27. The zero-order chi connectivity index (χ0) is 14.5. The lowest BCUT2D eigenvalue weighted by Gasteiger charge is -2.43. The predicted octanol–water partition coefficient (Wildman–Crippen LogP) is 3.53. The fraction of sp³-hybridized carbons (Fsp3) is 0.333. The molecule has 0 saturated carbocycles. The van der Waals surface area contributed by atoms with E-state index in [0.29, 0.717) is 6.61 Å². The van der Waals surface area contributed by atoms with Crippen molar-refractivity contribution in [2.24, 2.45) is 0 Å². The summed E-state index contributed by atoms with van der Waals surface area (Å²) in [5, 5.41) is 3.28. The molecule has 0 amide bonds. The molecule has 0 aliphatic carbocycles. The number of hydrogen-bond donors (Lipinski definition) is 1. The van der Waals surface area contributed by atoms with Gasteiger partial charge < -0.3 is 10.1 Å². The molecule has 0 atom stereocenters. The highest BCUT2D eigenvalue weighted by atomic mass is 19.1. The van der Waals surface area contributed by atoms with Crippen molar-refractivity contribution in [2.45, 2.75) is 18.3 Å². The minimum Gasteiger partial charge on any atom is -0.494 e. The van der Waals surface area contributed by atoms with Crippen molar-refractivity contribution < 1.29 is 9.13 Å². The molecule has 1 heterocycles. The topological polar surface area (TPSA) is 21.3 Å². The lowest BCUT2D eigenvalue weighted by molar-refractivity contribution is 0.218. The van der Waals surface area contributed by atoms with E-state index in [1.165, 1.54) is 0 Å². The molecule has 1 aliphatic heterocycles. The van der Waals surface area contributed by atoms with Crippen LogP contribution in [0.1, 0.15) is 18.4 Å². The van der Waals surface area contributed by atoms with Crippen LogP contribution in [0.3, 0.4) is 0 Å². The van der Waals surface area contributed by atoms with Crippen LogP contribution in [0.4, 0.5) is 4.39 Å². The van der Waals surface area contributed by atoms with Gasteiger partial charge in [0.25, 0.3) is 0 Å². The first-order valence-corrected chi connectivity index (χ1v) is 7.44. The maximum Gasteiger partial charge on any atom is 0.127 e. The Balaban J connectivity index is 1.57. The Morgan fingerprint density at radius 2 is 1.71 bits per heavy atom. The van der Waals surface area contributed by atoms with Crippen LogP contribution in [-0.4, -0.2) is 19.7 Å². The first-order chi connectivity index (χ1) is 10.3.